The number of nitrogens with zero attached hydrogens (tertiary/aromatic N) is 2. The smallest absolute Gasteiger partial charge is 0.0755 e. The van der Waals surface area contributed by atoms with Crippen molar-refractivity contribution < 1.29 is 0 Å². The van der Waals surface area contributed by atoms with Gasteiger partial charge in [-0.1, -0.05) is 194 Å². The fourth-order valence-electron chi connectivity index (χ4n) is 10.3. The summed E-state index contributed by atoms with van der Waals surface area (Å²) in [7, 11) is 0. The van der Waals surface area contributed by atoms with Gasteiger partial charge >= 0.3 is 0 Å². The molecule has 1 spiro atoms. The zero-order chi connectivity index (χ0) is 41.7. The molecule has 296 valence electrons. The zero-order valence-electron chi connectivity index (χ0n) is 34.6. The van der Waals surface area contributed by atoms with E-state index in [0.717, 1.165) is 22.7 Å². The van der Waals surface area contributed by atoms with Crippen LogP contribution in [0.15, 0.2) is 255 Å². The van der Waals surface area contributed by atoms with E-state index in [1.807, 2.05) is 0 Å². The summed E-state index contributed by atoms with van der Waals surface area (Å²) in [5.74, 6) is 0. The molecule has 0 atom stereocenters. The summed E-state index contributed by atoms with van der Waals surface area (Å²) in [5, 5.41) is 0. The minimum Gasteiger partial charge on any atom is -0.310 e. The van der Waals surface area contributed by atoms with Crippen molar-refractivity contribution in [1.29, 1.82) is 0 Å². The lowest BCUT2D eigenvalue weighted by atomic mass is 9.64. The number of rotatable bonds is 7. The molecule has 0 aromatic heterocycles. The Morgan fingerprint density at radius 1 is 0.270 bits per heavy atom. The van der Waals surface area contributed by atoms with Crippen LogP contribution in [0.2, 0.25) is 0 Å². The van der Waals surface area contributed by atoms with Crippen molar-refractivity contribution in [2.45, 2.75) is 5.41 Å². The standard InChI is InChI=1S/C61H42N2/c1-4-17-43(18-5-1)45-31-33-47(34-32-45)48-21-16-24-51(41-48)62(50-37-35-46(36-38-50)44-19-6-2-7-20-44)52-39-40-54-53-25-10-11-26-55(53)61(58(54)42-52)56-27-12-14-29-59(56)63(49-22-8-3-9-23-49)60-30-15-13-28-57(60)61/h1-42H. The SMILES string of the molecule is c1ccc(-c2ccc(-c3cccc(N(c4ccc(-c5ccccc5)cc4)c4ccc5c(c4)C4(c6ccccc6-5)c5ccccc5N(c5ccccc5)c5ccccc54)c3)cc2)cc1. The van der Waals surface area contributed by atoms with Crippen molar-refractivity contribution in [2.24, 2.45) is 0 Å². The highest BCUT2D eigenvalue weighted by Crippen LogP contribution is 2.64. The Labute approximate surface area is 369 Å². The number of anilines is 6. The van der Waals surface area contributed by atoms with E-state index in [-0.39, 0.29) is 0 Å². The van der Waals surface area contributed by atoms with Crippen LogP contribution in [0.25, 0.3) is 44.5 Å². The first-order valence-corrected chi connectivity index (χ1v) is 21.8. The maximum Gasteiger partial charge on any atom is 0.0755 e. The molecule has 12 rings (SSSR count). The van der Waals surface area contributed by atoms with E-state index < -0.39 is 5.41 Å². The van der Waals surface area contributed by atoms with Gasteiger partial charge in [0.25, 0.3) is 0 Å². The molecule has 0 fully saturated rings. The second-order valence-electron chi connectivity index (χ2n) is 16.5. The lowest BCUT2D eigenvalue weighted by molar-refractivity contribution is 0.752. The Morgan fingerprint density at radius 2 is 0.698 bits per heavy atom. The molecule has 1 aliphatic carbocycles. The minimum absolute atomic E-state index is 0.564. The van der Waals surface area contributed by atoms with Crippen molar-refractivity contribution in [3.05, 3.63) is 277 Å². The highest BCUT2D eigenvalue weighted by Gasteiger charge is 2.51. The molecule has 0 saturated carbocycles. The summed E-state index contributed by atoms with van der Waals surface area (Å²) in [6.45, 7) is 0. The van der Waals surface area contributed by atoms with Crippen molar-refractivity contribution in [2.75, 3.05) is 9.80 Å². The molecule has 0 radical (unpaired) electrons. The van der Waals surface area contributed by atoms with Crippen molar-refractivity contribution in [1.82, 2.24) is 0 Å². The Bertz CT molecular complexity index is 3220. The van der Waals surface area contributed by atoms with E-state index in [1.54, 1.807) is 0 Å². The molecule has 1 heterocycles. The van der Waals surface area contributed by atoms with Crippen LogP contribution >= 0.6 is 0 Å². The van der Waals surface area contributed by atoms with Crippen LogP contribution in [-0.4, -0.2) is 0 Å². The first-order valence-electron chi connectivity index (χ1n) is 21.8. The third-order valence-corrected chi connectivity index (χ3v) is 13.1. The summed E-state index contributed by atoms with van der Waals surface area (Å²) >= 11 is 0. The van der Waals surface area contributed by atoms with Gasteiger partial charge in [-0.3, -0.25) is 0 Å². The Kier molecular flexibility index (Phi) is 8.76. The van der Waals surface area contributed by atoms with E-state index in [1.165, 1.54) is 78.1 Å². The Hall–Kier alpha value is -8.20. The normalized spacial score (nSPS) is 12.9. The summed E-state index contributed by atoms with van der Waals surface area (Å²) in [6.07, 6.45) is 0. The van der Waals surface area contributed by atoms with Crippen LogP contribution < -0.4 is 9.80 Å². The van der Waals surface area contributed by atoms with Gasteiger partial charge < -0.3 is 9.80 Å². The average Bonchev–Trinajstić information content (AvgIpc) is 3.65. The highest BCUT2D eigenvalue weighted by atomic mass is 15.2. The zero-order valence-corrected chi connectivity index (χ0v) is 34.6. The molecule has 0 unspecified atom stereocenters. The molecule has 0 N–H and O–H groups in total. The predicted molar refractivity (Wildman–Crippen MR) is 263 cm³/mol. The van der Waals surface area contributed by atoms with Gasteiger partial charge in [-0.05, 0) is 127 Å². The van der Waals surface area contributed by atoms with Crippen LogP contribution in [-0.2, 0) is 5.41 Å². The molecule has 1 aliphatic heterocycles. The highest BCUT2D eigenvalue weighted by molar-refractivity contribution is 5.97. The predicted octanol–water partition coefficient (Wildman–Crippen LogP) is 16.3. The summed E-state index contributed by atoms with van der Waals surface area (Å²) < 4.78 is 0. The number of hydrogen-bond donors (Lipinski definition) is 0. The van der Waals surface area contributed by atoms with Crippen molar-refractivity contribution in [3.63, 3.8) is 0 Å². The molecule has 2 aliphatic rings. The van der Waals surface area contributed by atoms with Gasteiger partial charge in [0.05, 0.1) is 16.8 Å². The van der Waals surface area contributed by atoms with Gasteiger partial charge in [0.15, 0.2) is 0 Å². The minimum atomic E-state index is -0.564. The second kappa shape index (κ2) is 15.1. The van der Waals surface area contributed by atoms with E-state index in [4.69, 9.17) is 0 Å². The van der Waals surface area contributed by atoms with Crippen molar-refractivity contribution in [3.8, 4) is 44.5 Å². The monoisotopic (exact) mass is 802 g/mol. The largest absolute Gasteiger partial charge is 0.310 e. The van der Waals surface area contributed by atoms with E-state index in [2.05, 4.69) is 265 Å². The fourth-order valence-corrected chi connectivity index (χ4v) is 10.3. The quantitative estimate of drug-likeness (QED) is 0.158. The molecule has 10 aromatic rings. The number of fused-ring (bicyclic) bond motifs is 9. The Balaban J connectivity index is 1.06. The van der Waals surface area contributed by atoms with Crippen LogP contribution in [0.3, 0.4) is 0 Å². The molecule has 63 heavy (non-hydrogen) atoms. The maximum absolute atomic E-state index is 2.48. The van der Waals surface area contributed by atoms with Crippen LogP contribution in [0.5, 0.6) is 0 Å². The molecular weight excluding hydrogens is 761 g/mol. The molecule has 0 amide bonds. The van der Waals surface area contributed by atoms with Crippen molar-refractivity contribution >= 4 is 34.1 Å². The molecular formula is C61H42N2. The van der Waals surface area contributed by atoms with Crippen LogP contribution in [0.1, 0.15) is 22.3 Å². The molecule has 2 heteroatoms. The second-order valence-corrected chi connectivity index (χ2v) is 16.5. The molecule has 10 aromatic carbocycles. The van der Waals surface area contributed by atoms with Gasteiger partial charge in [0.2, 0.25) is 0 Å². The molecule has 0 saturated heterocycles. The topological polar surface area (TPSA) is 6.48 Å². The van der Waals surface area contributed by atoms with E-state index in [9.17, 15) is 0 Å². The number of benzene rings is 10. The lowest BCUT2D eigenvalue weighted by Crippen LogP contribution is -2.36. The van der Waals surface area contributed by atoms with Gasteiger partial charge in [0.1, 0.15) is 0 Å². The maximum atomic E-state index is 2.48. The summed E-state index contributed by atoms with van der Waals surface area (Å²) in [6, 6.07) is 93.3. The molecule has 0 bridgehead atoms. The van der Waals surface area contributed by atoms with Crippen LogP contribution in [0.4, 0.5) is 34.1 Å². The lowest BCUT2D eigenvalue weighted by Gasteiger charge is -2.45. The Morgan fingerprint density at radius 3 is 1.32 bits per heavy atom. The van der Waals surface area contributed by atoms with E-state index >= 15 is 0 Å². The van der Waals surface area contributed by atoms with Gasteiger partial charge in [-0.15, -0.1) is 0 Å². The first kappa shape index (κ1) is 36.6. The summed E-state index contributed by atoms with van der Waals surface area (Å²) in [4.78, 5) is 4.88. The third-order valence-electron chi connectivity index (χ3n) is 13.1. The number of para-hydroxylation sites is 3. The number of hydrogen-bond acceptors (Lipinski definition) is 2. The van der Waals surface area contributed by atoms with Crippen LogP contribution in [0, 0.1) is 0 Å². The fraction of sp³-hybridized carbons (Fsp3) is 0.0164. The first-order chi connectivity index (χ1) is 31.3. The van der Waals surface area contributed by atoms with E-state index in [0.29, 0.717) is 0 Å². The van der Waals surface area contributed by atoms with Gasteiger partial charge in [-0.25, -0.2) is 0 Å². The average molecular weight is 803 g/mol. The van der Waals surface area contributed by atoms with Gasteiger partial charge in [-0.2, -0.15) is 0 Å². The third kappa shape index (κ3) is 5.95. The molecule has 2 nitrogen and oxygen atoms in total. The van der Waals surface area contributed by atoms with Gasteiger partial charge in [0, 0.05) is 22.7 Å². The summed E-state index contributed by atoms with van der Waals surface area (Å²) in [5.41, 5.74) is 21.1.